The largest absolute Gasteiger partial charge is 0.343 e. The molecule has 1 saturated heterocycles. The number of nitrogens with one attached hydrogen (secondary N) is 1. The van der Waals surface area contributed by atoms with Gasteiger partial charge in [-0.3, -0.25) is 5.73 Å². The molecule has 0 unspecified atom stereocenters. The average Bonchev–Trinajstić information content (AvgIpc) is 2.91. The van der Waals surface area contributed by atoms with Crippen molar-refractivity contribution in [2.24, 2.45) is 16.6 Å². The first kappa shape index (κ1) is 14.2. The summed E-state index contributed by atoms with van der Waals surface area (Å²) >= 11 is 0. The number of hydrogen-bond acceptors (Lipinski definition) is 5. The van der Waals surface area contributed by atoms with Gasteiger partial charge in [0.05, 0.1) is 24.8 Å². The van der Waals surface area contributed by atoms with Gasteiger partial charge in [0.25, 0.3) is 5.84 Å². The monoisotopic (exact) mass is 309 g/mol. The third kappa shape index (κ3) is 1.29. The summed E-state index contributed by atoms with van der Waals surface area (Å²) in [6.07, 6.45) is -0.173. The van der Waals surface area contributed by atoms with Gasteiger partial charge < -0.3 is 9.47 Å². The lowest BCUT2D eigenvalue weighted by molar-refractivity contribution is -0.677. The number of nitriles is 2. The molecule has 0 amide bonds. The van der Waals surface area contributed by atoms with Crippen LogP contribution < -0.4 is 10.7 Å². The van der Waals surface area contributed by atoms with E-state index in [0.717, 1.165) is 11.1 Å². The van der Waals surface area contributed by atoms with Crippen molar-refractivity contribution in [3.63, 3.8) is 0 Å². The van der Waals surface area contributed by atoms with Crippen LogP contribution in [0.2, 0.25) is 0 Å². The Kier molecular flexibility index (Phi) is 2.54. The van der Waals surface area contributed by atoms with Crippen LogP contribution in [0, 0.1) is 40.4 Å². The van der Waals surface area contributed by atoms with E-state index in [4.69, 9.17) is 15.2 Å². The molecule has 3 aliphatic rings. The molecule has 1 aliphatic carbocycles. The molecule has 4 rings (SSSR count). The van der Waals surface area contributed by atoms with Gasteiger partial charge in [-0.1, -0.05) is 24.3 Å². The van der Waals surface area contributed by atoms with Gasteiger partial charge >= 0.3 is 5.91 Å². The molecule has 0 bridgehead atoms. The molecule has 6 heteroatoms. The third-order valence-corrected chi connectivity index (χ3v) is 5.39. The maximum atomic E-state index is 10.0. The second-order valence-corrected chi connectivity index (χ2v) is 6.52. The van der Waals surface area contributed by atoms with Crippen LogP contribution in [-0.4, -0.2) is 24.5 Å². The predicted octanol–water partition coefficient (Wildman–Crippen LogP) is -0.347. The Labute approximate surface area is 134 Å². The topological polar surface area (TPSA) is 106 Å². The van der Waals surface area contributed by atoms with Crippen molar-refractivity contribution in [2.75, 3.05) is 6.61 Å². The minimum absolute atomic E-state index is 0.173. The van der Waals surface area contributed by atoms with Crippen LogP contribution in [0.4, 0.5) is 0 Å². The lowest BCUT2D eigenvalue weighted by Gasteiger charge is -2.24. The van der Waals surface area contributed by atoms with Gasteiger partial charge in [0.1, 0.15) is 0 Å². The zero-order chi connectivity index (χ0) is 16.5. The molecule has 3 N–H and O–H groups in total. The lowest BCUT2D eigenvalue weighted by Crippen LogP contribution is -2.90. The Balaban J connectivity index is 1.95. The second kappa shape index (κ2) is 4.11. The number of ether oxygens (including phenoxy) is 2. The Morgan fingerprint density at radius 1 is 1.30 bits per heavy atom. The van der Waals surface area contributed by atoms with Gasteiger partial charge in [-0.2, -0.15) is 10.5 Å². The molecule has 2 heterocycles. The molecule has 0 radical (unpaired) electrons. The van der Waals surface area contributed by atoms with Crippen molar-refractivity contribution in [2.45, 2.75) is 31.8 Å². The number of amidine groups is 1. The Hall–Kier alpha value is -2.41. The Bertz CT molecular complexity index is 823. The van der Waals surface area contributed by atoms with Crippen LogP contribution in [0.25, 0.3) is 0 Å². The smallest absolute Gasteiger partial charge is 0.311 e. The molecule has 1 aromatic carbocycles. The number of aryl methyl sites for hydroxylation is 1. The van der Waals surface area contributed by atoms with Crippen LogP contribution >= 0.6 is 0 Å². The fourth-order valence-corrected chi connectivity index (χ4v) is 4.34. The van der Waals surface area contributed by atoms with Gasteiger partial charge in [-0.15, -0.1) is 0 Å². The van der Waals surface area contributed by atoms with E-state index in [0.29, 0.717) is 6.61 Å². The van der Waals surface area contributed by atoms with Gasteiger partial charge in [-0.25, -0.2) is 4.99 Å². The molecule has 23 heavy (non-hydrogen) atoms. The SMILES string of the molecule is Cc1ccccc1[C@@H]1[C@@]2(C#N)[C@@]3([NH+]=C(N)[C@@]12C#N)OC[C@H](C)O3. The lowest BCUT2D eigenvalue weighted by atomic mass is 9.93. The fourth-order valence-electron chi connectivity index (χ4n) is 4.34. The maximum absolute atomic E-state index is 10.0. The Morgan fingerprint density at radius 2 is 2.04 bits per heavy atom. The highest BCUT2D eigenvalue weighted by Gasteiger charge is 2.97. The van der Waals surface area contributed by atoms with Gasteiger partial charge in [0.15, 0.2) is 10.8 Å². The molecular weight excluding hydrogens is 292 g/mol. The van der Waals surface area contributed by atoms with Gasteiger partial charge in [0.2, 0.25) is 0 Å². The van der Waals surface area contributed by atoms with Crippen LogP contribution in [-0.2, 0) is 9.47 Å². The van der Waals surface area contributed by atoms with E-state index in [9.17, 15) is 10.5 Å². The van der Waals surface area contributed by atoms with E-state index in [1.165, 1.54) is 0 Å². The normalized spacial score (nSPS) is 43.6. The molecule has 0 aromatic heterocycles. The van der Waals surface area contributed by atoms with Crippen molar-refractivity contribution in [3.05, 3.63) is 35.4 Å². The van der Waals surface area contributed by atoms with Crippen LogP contribution in [0.1, 0.15) is 24.0 Å². The average molecular weight is 309 g/mol. The summed E-state index contributed by atoms with van der Waals surface area (Å²) in [6, 6.07) is 12.4. The van der Waals surface area contributed by atoms with Crippen LogP contribution in [0.5, 0.6) is 0 Å². The van der Waals surface area contributed by atoms with E-state index >= 15 is 0 Å². The summed E-state index contributed by atoms with van der Waals surface area (Å²) in [7, 11) is 0. The first-order valence-electron chi connectivity index (χ1n) is 7.60. The van der Waals surface area contributed by atoms with Crippen molar-refractivity contribution < 1.29 is 14.5 Å². The van der Waals surface area contributed by atoms with Crippen molar-refractivity contribution >= 4 is 5.84 Å². The first-order valence-corrected chi connectivity index (χ1v) is 7.60. The number of nitrogens with zero attached hydrogens (tertiary/aromatic N) is 2. The minimum Gasteiger partial charge on any atom is -0.311 e. The van der Waals surface area contributed by atoms with E-state index in [1.54, 1.807) is 0 Å². The number of fused-ring (bicyclic) bond motifs is 2. The number of hydrogen-bond donors (Lipinski definition) is 2. The number of rotatable bonds is 1. The van der Waals surface area contributed by atoms with Crippen molar-refractivity contribution in [3.8, 4) is 12.1 Å². The Morgan fingerprint density at radius 3 is 2.61 bits per heavy atom. The molecule has 6 nitrogen and oxygen atoms in total. The quantitative estimate of drug-likeness (QED) is 0.738. The highest BCUT2D eigenvalue weighted by Crippen LogP contribution is 2.79. The highest BCUT2D eigenvalue weighted by molar-refractivity contribution is 5.95. The maximum Gasteiger partial charge on any atom is 0.343 e. The zero-order valence-electron chi connectivity index (χ0n) is 13.0. The van der Waals surface area contributed by atoms with E-state index < -0.39 is 16.7 Å². The zero-order valence-corrected chi connectivity index (χ0v) is 13.0. The molecule has 116 valence electrons. The third-order valence-electron chi connectivity index (χ3n) is 5.39. The summed E-state index contributed by atoms with van der Waals surface area (Å²) in [6.45, 7) is 4.19. The van der Waals surface area contributed by atoms with Crippen LogP contribution in [0.15, 0.2) is 24.3 Å². The molecule has 1 spiro atoms. The fraction of sp³-hybridized carbons (Fsp3) is 0.471. The second-order valence-electron chi connectivity index (χ2n) is 6.52. The predicted molar refractivity (Wildman–Crippen MR) is 79.4 cm³/mol. The standard InChI is InChI=1S/C17H16N4O2/c1-10-5-3-4-6-12(10)13-15(8-18)14(20)21-17(16(13,15)9-19)22-7-11(2)23-17/h3-6,11,13H,7H2,1-2H3,(H2,20,21)/p+1/t11-,13-,15+,16+,17+/m0/s1. The first-order chi connectivity index (χ1) is 11.0. The van der Waals surface area contributed by atoms with Crippen LogP contribution in [0.3, 0.4) is 0 Å². The summed E-state index contributed by atoms with van der Waals surface area (Å²) < 4.78 is 11.8. The van der Waals surface area contributed by atoms with Crippen molar-refractivity contribution in [1.29, 1.82) is 10.5 Å². The van der Waals surface area contributed by atoms with Gasteiger partial charge in [-0.05, 0) is 25.0 Å². The van der Waals surface area contributed by atoms with Crippen molar-refractivity contribution in [1.82, 2.24) is 0 Å². The summed E-state index contributed by atoms with van der Waals surface area (Å²) in [5, 5.41) is 20.0. The van der Waals surface area contributed by atoms with E-state index in [1.807, 2.05) is 38.1 Å². The molecule has 1 saturated carbocycles. The molecule has 2 fully saturated rings. The molecular formula is C17H17N4O2+. The number of benzene rings is 1. The van der Waals surface area contributed by atoms with Gasteiger partial charge in [0, 0.05) is 5.92 Å². The summed E-state index contributed by atoms with van der Waals surface area (Å²) in [5.41, 5.74) is 5.81. The summed E-state index contributed by atoms with van der Waals surface area (Å²) in [4.78, 5) is 2.97. The van der Waals surface area contributed by atoms with E-state index in [2.05, 4.69) is 17.1 Å². The highest BCUT2D eigenvalue weighted by atomic mass is 16.8. The van der Waals surface area contributed by atoms with E-state index in [-0.39, 0.29) is 17.9 Å². The minimum atomic E-state index is -1.35. The molecule has 1 aromatic rings. The molecule has 2 aliphatic heterocycles. The molecule has 5 atom stereocenters. The number of nitrogens with two attached hydrogens (primary N) is 1. The summed E-state index contributed by atoms with van der Waals surface area (Å²) in [5.74, 6) is -1.48.